The summed E-state index contributed by atoms with van der Waals surface area (Å²) in [6.45, 7) is 2.30. The Labute approximate surface area is 169 Å². The number of benzene rings is 3. The highest BCUT2D eigenvalue weighted by Crippen LogP contribution is 2.38. The maximum Gasteiger partial charge on any atom is 0.231 e. The van der Waals surface area contributed by atoms with Crippen molar-refractivity contribution in [1.29, 1.82) is 16.2 Å². The lowest BCUT2D eigenvalue weighted by atomic mass is 9.71. The van der Waals surface area contributed by atoms with Gasteiger partial charge in [-0.3, -0.25) is 0 Å². The minimum atomic E-state index is -0.121. The van der Waals surface area contributed by atoms with Gasteiger partial charge in [0.1, 0.15) is 0 Å². The van der Waals surface area contributed by atoms with Gasteiger partial charge >= 0.3 is 0 Å². The van der Waals surface area contributed by atoms with Crippen molar-refractivity contribution in [3.8, 4) is 0 Å². The van der Waals surface area contributed by atoms with Crippen LogP contribution in [0.15, 0.2) is 91.0 Å². The van der Waals surface area contributed by atoms with Gasteiger partial charge in [-0.1, -0.05) is 91.0 Å². The molecule has 146 valence electrons. The zero-order valence-corrected chi connectivity index (χ0v) is 15.9. The number of rotatable bonds is 3. The Morgan fingerprint density at radius 1 is 0.517 bits per heavy atom. The molecule has 0 aliphatic carbocycles. The van der Waals surface area contributed by atoms with Crippen LogP contribution in [0.5, 0.6) is 0 Å². The van der Waals surface area contributed by atoms with Crippen LogP contribution in [0.4, 0.5) is 0 Å². The second kappa shape index (κ2) is 14.9. The molecule has 29 heavy (non-hydrogen) atoms. The summed E-state index contributed by atoms with van der Waals surface area (Å²) in [6.07, 6.45) is 2.25. The minimum Gasteiger partial charge on any atom is -0.222 e. The molecule has 0 unspecified atom stereocenters. The predicted octanol–water partition coefficient (Wildman–Crippen LogP) is 4.74. The van der Waals surface area contributed by atoms with Crippen LogP contribution >= 0.6 is 0 Å². The number of hydrogen-bond acceptors (Lipinski definition) is 6. The fourth-order valence-electron chi connectivity index (χ4n) is 2.81. The molecule has 6 heteroatoms. The Kier molecular flexibility index (Phi) is 12.8. The third-order valence-electron chi connectivity index (χ3n) is 4.05. The minimum absolute atomic E-state index is 0.121. The van der Waals surface area contributed by atoms with E-state index in [1.807, 2.05) is 0 Å². The average Bonchev–Trinajstić information content (AvgIpc) is 2.77. The molecule has 3 N–H and O–H groups in total. The first-order chi connectivity index (χ1) is 14.1. The Hall–Kier alpha value is -4.20. The van der Waals surface area contributed by atoms with E-state index < -0.39 is 0 Å². The van der Waals surface area contributed by atoms with E-state index in [1.54, 1.807) is 0 Å². The first kappa shape index (κ1) is 24.8. The summed E-state index contributed by atoms with van der Waals surface area (Å²) >= 11 is 0. The Balaban J connectivity index is 0.000000749. The van der Waals surface area contributed by atoms with Crippen LogP contribution in [0, 0.1) is 16.2 Å². The normalized spacial score (nSPS) is 8.59. The SMILES string of the molecule is CC(c1ccccc1)(c1ccccc1)c1ccccc1.N=C=O.N=C=O.N=C=O. The molecule has 3 aromatic carbocycles. The molecule has 0 saturated carbocycles. The van der Waals surface area contributed by atoms with E-state index in [1.165, 1.54) is 16.7 Å². The van der Waals surface area contributed by atoms with Crippen molar-refractivity contribution >= 4 is 18.2 Å². The van der Waals surface area contributed by atoms with Crippen molar-refractivity contribution in [2.45, 2.75) is 12.3 Å². The van der Waals surface area contributed by atoms with Crippen molar-refractivity contribution in [2.24, 2.45) is 0 Å². The van der Waals surface area contributed by atoms with Crippen LogP contribution in [0.2, 0.25) is 0 Å². The van der Waals surface area contributed by atoms with E-state index in [0.29, 0.717) is 0 Å². The molecule has 0 atom stereocenters. The van der Waals surface area contributed by atoms with E-state index in [-0.39, 0.29) is 5.41 Å². The van der Waals surface area contributed by atoms with Gasteiger partial charge in [0.05, 0.1) is 0 Å². The maximum atomic E-state index is 8.35. The molecule has 6 nitrogen and oxygen atoms in total. The van der Waals surface area contributed by atoms with E-state index in [2.05, 4.69) is 97.9 Å². The molecule has 0 heterocycles. The number of isocyanates is 3. The molecular formula is C23H21N3O3. The summed E-state index contributed by atoms with van der Waals surface area (Å²) in [4.78, 5) is 25.0. The van der Waals surface area contributed by atoms with Crippen LogP contribution < -0.4 is 0 Å². The summed E-state index contributed by atoms with van der Waals surface area (Å²) in [6, 6.07) is 32.1. The Bertz CT molecular complexity index is 800. The molecule has 0 fully saturated rings. The highest BCUT2D eigenvalue weighted by molar-refractivity contribution is 5.49. The third-order valence-corrected chi connectivity index (χ3v) is 4.05. The van der Waals surface area contributed by atoms with Gasteiger partial charge in [0.2, 0.25) is 18.2 Å². The van der Waals surface area contributed by atoms with Gasteiger partial charge in [-0.15, -0.1) is 0 Å². The van der Waals surface area contributed by atoms with Gasteiger partial charge in [0.15, 0.2) is 0 Å². The first-order valence-corrected chi connectivity index (χ1v) is 8.34. The van der Waals surface area contributed by atoms with E-state index in [4.69, 9.17) is 30.6 Å². The summed E-state index contributed by atoms with van der Waals surface area (Å²) in [7, 11) is 0. The lowest BCUT2D eigenvalue weighted by Gasteiger charge is -2.31. The van der Waals surface area contributed by atoms with Gasteiger partial charge in [-0.05, 0) is 23.6 Å². The molecule has 0 aliphatic heterocycles. The van der Waals surface area contributed by atoms with Crippen molar-refractivity contribution in [2.75, 3.05) is 0 Å². The van der Waals surface area contributed by atoms with Gasteiger partial charge in [-0.2, -0.15) is 0 Å². The van der Waals surface area contributed by atoms with Gasteiger partial charge < -0.3 is 0 Å². The molecule has 3 aromatic rings. The second-order valence-corrected chi connectivity index (χ2v) is 5.53. The lowest BCUT2D eigenvalue weighted by molar-refractivity contribution is 0.562. The molecule has 0 aromatic heterocycles. The highest BCUT2D eigenvalue weighted by Gasteiger charge is 2.30. The van der Waals surface area contributed by atoms with E-state index >= 15 is 0 Å². The van der Waals surface area contributed by atoms with Crippen LogP contribution in [0.1, 0.15) is 23.6 Å². The van der Waals surface area contributed by atoms with Crippen molar-refractivity contribution < 1.29 is 14.4 Å². The van der Waals surface area contributed by atoms with Crippen LogP contribution in [0.25, 0.3) is 0 Å². The van der Waals surface area contributed by atoms with Crippen molar-refractivity contribution in [3.05, 3.63) is 108 Å². The summed E-state index contributed by atoms with van der Waals surface area (Å²) in [5.41, 5.74) is 3.83. The number of hydrogen-bond donors (Lipinski definition) is 3. The standard InChI is InChI=1S/C20H18.3CHNO/c1-20(17-11-5-2-6-12-17,18-13-7-3-8-14-18)19-15-9-4-10-16-19;3*2-1-3/h2-16H,1H3;3*2H. The van der Waals surface area contributed by atoms with Crippen LogP contribution in [0.3, 0.4) is 0 Å². The smallest absolute Gasteiger partial charge is 0.222 e. The summed E-state index contributed by atoms with van der Waals surface area (Å²) in [5.74, 6) is 0. The largest absolute Gasteiger partial charge is 0.231 e. The second-order valence-electron chi connectivity index (χ2n) is 5.53. The quantitative estimate of drug-likeness (QED) is 0.341. The predicted molar refractivity (Wildman–Crippen MR) is 110 cm³/mol. The first-order valence-electron chi connectivity index (χ1n) is 8.34. The van der Waals surface area contributed by atoms with Crippen molar-refractivity contribution in [3.63, 3.8) is 0 Å². The molecule has 3 rings (SSSR count). The molecule has 0 radical (unpaired) electrons. The zero-order valence-electron chi connectivity index (χ0n) is 15.9. The Morgan fingerprint density at radius 2 is 0.690 bits per heavy atom. The van der Waals surface area contributed by atoms with E-state index in [0.717, 1.165) is 18.2 Å². The third kappa shape index (κ3) is 7.92. The van der Waals surface area contributed by atoms with Gasteiger partial charge in [-0.25, -0.2) is 30.6 Å². The average molecular weight is 387 g/mol. The summed E-state index contributed by atoms with van der Waals surface area (Å²) < 4.78 is 0. The van der Waals surface area contributed by atoms with Gasteiger partial charge in [0.25, 0.3) is 0 Å². The highest BCUT2D eigenvalue weighted by atomic mass is 16.1. The van der Waals surface area contributed by atoms with Crippen LogP contribution in [-0.4, -0.2) is 18.2 Å². The molecule has 0 bridgehead atoms. The molecule has 0 saturated heterocycles. The fraction of sp³-hybridized carbons (Fsp3) is 0.0870. The van der Waals surface area contributed by atoms with Gasteiger partial charge in [0, 0.05) is 5.41 Å². The zero-order chi connectivity index (χ0) is 22.0. The molecule has 0 amide bonds. The molecular weight excluding hydrogens is 366 g/mol. The van der Waals surface area contributed by atoms with Crippen LogP contribution in [-0.2, 0) is 19.8 Å². The van der Waals surface area contributed by atoms with Crippen molar-refractivity contribution in [1.82, 2.24) is 0 Å². The molecule has 0 spiro atoms. The fourth-order valence-corrected chi connectivity index (χ4v) is 2.81. The maximum absolute atomic E-state index is 8.35. The number of nitrogens with one attached hydrogen (secondary N) is 3. The van der Waals surface area contributed by atoms with E-state index in [9.17, 15) is 0 Å². The Morgan fingerprint density at radius 3 is 0.862 bits per heavy atom. The number of carbonyl (C=O) groups excluding carboxylic acids is 3. The lowest BCUT2D eigenvalue weighted by Crippen LogP contribution is -2.25. The monoisotopic (exact) mass is 387 g/mol. The molecule has 0 aliphatic rings. The summed E-state index contributed by atoms with van der Waals surface area (Å²) in [5, 5.41) is 16.2. The topological polar surface area (TPSA) is 123 Å².